The number of benzene rings is 2. The summed E-state index contributed by atoms with van der Waals surface area (Å²) in [6.45, 7) is 6.71. The summed E-state index contributed by atoms with van der Waals surface area (Å²) >= 11 is 0. The van der Waals surface area contributed by atoms with E-state index in [1.165, 1.54) is 17.9 Å². The predicted molar refractivity (Wildman–Crippen MR) is 145 cm³/mol. The number of carbonyl (C=O) groups is 2. The molecule has 1 fully saturated rings. The molecule has 1 saturated heterocycles. The van der Waals surface area contributed by atoms with Gasteiger partial charge in [-0.1, -0.05) is 12.1 Å². The number of methoxy groups -OCH3 is 1. The fraction of sp³-hybridized carbons (Fsp3) is 0.414. The van der Waals surface area contributed by atoms with Crippen LogP contribution in [0.3, 0.4) is 0 Å². The van der Waals surface area contributed by atoms with E-state index in [9.17, 15) is 19.5 Å². The first-order valence-corrected chi connectivity index (χ1v) is 13.0. The third-order valence-corrected chi connectivity index (χ3v) is 6.98. The molecule has 1 amide bonds. The number of likely N-dealkylation sites (tertiary alicyclic amines) is 1. The van der Waals surface area contributed by atoms with Crippen molar-refractivity contribution < 1.29 is 33.3 Å². The molecule has 3 atom stereocenters. The van der Waals surface area contributed by atoms with Gasteiger partial charge in [-0.25, -0.2) is 9.59 Å². The zero-order chi connectivity index (χ0) is 28.1. The molecule has 0 aliphatic carbocycles. The van der Waals surface area contributed by atoms with Crippen LogP contribution in [-0.4, -0.2) is 67.1 Å². The Bertz CT molecular complexity index is 1370. The molecule has 1 N–H and O–H groups in total. The van der Waals surface area contributed by atoms with Gasteiger partial charge in [0.2, 0.25) is 0 Å². The number of anilines is 1. The second-order valence-corrected chi connectivity index (χ2v) is 9.41. The minimum atomic E-state index is -1.08. The molecular formula is C29H34N2O8. The molecule has 2 heterocycles. The second-order valence-electron chi connectivity index (χ2n) is 9.41. The lowest BCUT2D eigenvalue weighted by molar-refractivity contribution is -0.151. The first-order valence-electron chi connectivity index (χ1n) is 13.0. The number of carbonyl (C=O) groups excluding carboxylic acids is 2. The largest absolute Gasteiger partial charge is 0.497 e. The highest BCUT2D eigenvalue weighted by Gasteiger charge is 2.46. The van der Waals surface area contributed by atoms with Crippen LogP contribution in [0.4, 0.5) is 10.5 Å². The van der Waals surface area contributed by atoms with Crippen LogP contribution in [0.1, 0.15) is 31.9 Å². The lowest BCUT2D eigenvalue weighted by atomic mass is 10.0. The number of aliphatic hydroxyl groups excluding tert-OH is 1. The first-order chi connectivity index (χ1) is 18.7. The maximum absolute atomic E-state index is 13.3. The Morgan fingerprint density at radius 3 is 2.46 bits per heavy atom. The Morgan fingerprint density at radius 2 is 1.82 bits per heavy atom. The van der Waals surface area contributed by atoms with Gasteiger partial charge in [0, 0.05) is 48.8 Å². The summed E-state index contributed by atoms with van der Waals surface area (Å²) < 4.78 is 21.7. The van der Waals surface area contributed by atoms with E-state index >= 15 is 0 Å². The Kier molecular flexibility index (Phi) is 8.75. The van der Waals surface area contributed by atoms with Gasteiger partial charge < -0.3 is 28.6 Å². The summed E-state index contributed by atoms with van der Waals surface area (Å²) in [5.41, 5.74) is 2.15. The number of fused-ring (bicyclic) bond motifs is 1. The highest BCUT2D eigenvalue weighted by Crippen LogP contribution is 2.28. The summed E-state index contributed by atoms with van der Waals surface area (Å²) in [5, 5.41) is 11.3. The zero-order valence-electron chi connectivity index (χ0n) is 22.6. The van der Waals surface area contributed by atoms with Gasteiger partial charge in [0.25, 0.3) is 0 Å². The summed E-state index contributed by atoms with van der Waals surface area (Å²) in [5.74, 6) is 0.127. The number of nitrogens with zero attached hydrogens (tertiary/aromatic N) is 2. The topological polar surface area (TPSA) is 119 Å². The van der Waals surface area contributed by atoms with Crippen LogP contribution >= 0.6 is 0 Å². The Balaban J connectivity index is 1.55. The minimum absolute atomic E-state index is 0.0670. The van der Waals surface area contributed by atoms with Crippen molar-refractivity contribution in [1.82, 2.24) is 4.90 Å². The average molecular weight is 539 g/mol. The average Bonchev–Trinajstić information content (AvgIpc) is 3.22. The number of rotatable bonds is 9. The van der Waals surface area contributed by atoms with Crippen molar-refractivity contribution in [3.8, 4) is 5.75 Å². The van der Waals surface area contributed by atoms with Crippen LogP contribution < -0.4 is 15.3 Å². The van der Waals surface area contributed by atoms with Crippen LogP contribution in [0.5, 0.6) is 5.75 Å². The van der Waals surface area contributed by atoms with Gasteiger partial charge in [0.15, 0.2) is 0 Å². The van der Waals surface area contributed by atoms with E-state index in [4.69, 9.17) is 18.6 Å². The lowest BCUT2D eigenvalue weighted by Gasteiger charge is -2.27. The number of esters is 1. The second kappa shape index (κ2) is 12.2. The van der Waals surface area contributed by atoms with Crippen molar-refractivity contribution in [1.29, 1.82) is 0 Å². The van der Waals surface area contributed by atoms with Crippen LogP contribution in [0.15, 0.2) is 57.7 Å². The normalized spacial score (nSPS) is 18.7. The summed E-state index contributed by atoms with van der Waals surface area (Å²) in [6, 6.07) is 13.5. The van der Waals surface area contributed by atoms with E-state index in [-0.39, 0.29) is 13.2 Å². The van der Waals surface area contributed by atoms with Gasteiger partial charge in [0.05, 0.1) is 19.7 Å². The number of amides is 1. The van der Waals surface area contributed by atoms with Crippen molar-refractivity contribution in [2.75, 3.05) is 31.6 Å². The van der Waals surface area contributed by atoms with Crippen molar-refractivity contribution in [3.63, 3.8) is 0 Å². The van der Waals surface area contributed by atoms with Gasteiger partial charge in [-0.05, 0) is 50.1 Å². The SMILES string of the molecule is CCN(CC)c1ccc2c(COC(=O)N3C[C@@H](O)[C@H](OC(C)=O)[C@@H]3Cc3ccc(OC)cc3)cc(=O)oc2c1. The van der Waals surface area contributed by atoms with Gasteiger partial charge in [-0.2, -0.15) is 0 Å². The lowest BCUT2D eigenvalue weighted by Crippen LogP contribution is -2.43. The van der Waals surface area contributed by atoms with Gasteiger partial charge >= 0.3 is 17.7 Å². The van der Waals surface area contributed by atoms with Crippen molar-refractivity contribution in [2.24, 2.45) is 0 Å². The zero-order valence-corrected chi connectivity index (χ0v) is 22.6. The van der Waals surface area contributed by atoms with Crippen molar-refractivity contribution in [3.05, 3.63) is 70.1 Å². The molecule has 10 nitrogen and oxygen atoms in total. The van der Waals surface area contributed by atoms with Crippen molar-refractivity contribution in [2.45, 2.75) is 52.0 Å². The molecule has 1 aromatic heterocycles. The highest BCUT2D eigenvalue weighted by atomic mass is 16.6. The van der Waals surface area contributed by atoms with Crippen LogP contribution in [0, 0.1) is 0 Å². The van der Waals surface area contributed by atoms with Crippen LogP contribution in [0.25, 0.3) is 11.0 Å². The standard InChI is InChI=1S/C29H34N2O8/c1-5-30(6-2)21-9-12-23-20(14-27(34)39-26(23)15-21)17-37-29(35)31-16-25(33)28(38-18(3)32)24(31)13-19-7-10-22(36-4)11-8-19/h7-12,14-15,24-25,28,33H,5-6,13,16-17H2,1-4H3/t24-,25+,28+/m0/s1. The predicted octanol–water partition coefficient (Wildman–Crippen LogP) is 3.50. The first kappa shape index (κ1) is 28.0. The quantitative estimate of drug-likeness (QED) is 0.322. The van der Waals surface area contributed by atoms with Crippen LogP contribution in [-0.2, 0) is 27.3 Å². The molecule has 1 aliphatic rings. The molecule has 1 aliphatic heterocycles. The third kappa shape index (κ3) is 6.34. The van der Waals surface area contributed by atoms with Gasteiger partial charge in [-0.3, -0.25) is 9.69 Å². The molecule has 39 heavy (non-hydrogen) atoms. The fourth-order valence-corrected chi connectivity index (χ4v) is 5.01. The van der Waals surface area contributed by atoms with Gasteiger partial charge in [0.1, 0.15) is 30.1 Å². The molecule has 0 bridgehead atoms. The Labute approximate surface area is 226 Å². The number of hydrogen-bond donors (Lipinski definition) is 1. The highest BCUT2D eigenvalue weighted by molar-refractivity contribution is 5.84. The fourth-order valence-electron chi connectivity index (χ4n) is 5.01. The van der Waals surface area contributed by atoms with E-state index in [1.807, 2.05) is 38.1 Å². The Morgan fingerprint density at radius 1 is 1.10 bits per heavy atom. The molecule has 0 saturated carbocycles. The molecule has 0 unspecified atom stereocenters. The number of ether oxygens (including phenoxy) is 3. The van der Waals surface area contributed by atoms with Gasteiger partial charge in [-0.15, -0.1) is 0 Å². The molecule has 208 valence electrons. The van der Waals surface area contributed by atoms with E-state index in [2.05, 4.69) is 4.90 Å². The maximum atomic E-state index is 13.3. The summed E-state index contributed by atoms with van der Waals surface area (Å²) in [7, 11) is 1.57. The molecule has 0 spiro atoms. The summed E-state index contributed by atoms with van der Waals surface area (Å²) in [6.07, 6.45) is -2.36. The number of aliphatic hydroxyl groups is 1. The minimum Gasteiger partial charge on any atom is -0.497 e. The Hall–Kier alpha value is -4.05. The molecule has 0 radical (unpaired) electrons. The van der Waals surface area contributed by atoms with E-state index in [0.717, 1.165) is 24.3 Å². The molecule has 3 aromatic rings. The number of hydrogen-bond acceptors (Lipinski definition) is 9. The monoisotopic (exact) mass is 538 g/mol. The molecule has 10 heteroatoms. The molecule has 4 rings (SSSR count). The maximum Gasteiger partial charge on any atom is 0.410 e. The van der Waals surface area contributed by atoms with E-state index in [0.29, 0.717) is 28.7 Å². The molecular weight excluding hydrogens is 504 g/mol. The number of β-amino-alcohol motifs (C(OH)–C–C–N with tert-alkyl or cyclic N) is 1. The molecule has 2 aromatic carbocycles. The van der Waals surface area contributed by atoms with Crippen molar-refractivity contribution >= 4 is 28.7 Å². The smallest absolute Gasteiger partial charge is 0.410 e. The van der Waals surface area contributed by atoms with E-state index < -0.39 is 35.9 Å². The third-order valence-electron chi connectivity index (χ3n) is 6.98. The van der Waals surface area contributed by atoms with E-state index in [1.54, 1.807) is 25.3 Å². The summed E-state index contributed by atoms with van der Waals surface area (Å²) in [4.78, 5) is 40.8. The van der Waals surface area contributed by atoms with Crippen LogP contribution in [0.2, 0.25) is 0 Å².